The topological polar surface area (TPSA) is 178 Å². The number of hydrogen-bond acceptors (Lipinski definition) is 7. The molecule has 0 bridgehead atoms. The first-order valence-corrected chi connectivity index (χ1v) is 12.2. The van der Waals surface area contributed by atoms with Crippen LogP contribution in [0.25, 0.3) is 0 Å². The first-order chi connectivity index (χ1) is 14.3. The SMILES string of the molecule is CCCS(=O)(=O)N1CCN(S(=O)(=O)c2ccc(NC(C)=O)cc2)CC1.O=C(O)C(=O)O. The van der Waals surface area contributed by atoms with E-state index in [0.717, 1.165) is 0 Å². The molecule has 1 aromatic carbocycles. The van der Waals surface area contributed by atoms with Gasteiger partial charge in [-0.05, 0) is 30.7 Å². The Kier molecular flexibility index (Phi) is 9.55. The van der Waals surface area contributed by atoms with Crippen LogP contribution in [-0.4, -0.2) is 85.4 Å². The van der Waals surface area contributed by atoms with Gasteiger partial charge >= 0.3 is 11.9 Å². The zero-order valence-electron chi connectivity index (χ0n) is 17.0. The van der Waals surface area contributed by atoms with E-state index in [0.29, 0.717) is 12.1 Å². The van der Waals surface area contributed by atoms with Crippen LogP contribution in [0.3, 0.4) is 0 Å². The van der Waals surface area contributed by atoms with Crippen molar-refractivity contribution in [1.29, 1.82) is 0 Å². The van der Waals surface area contributed by atoms with Gasteiger partial charge in [0.1, 0.15) is 0 Å². The molecule has 0 atom stereocenters. The van der Waals surface area contributed by atoms with Crippen molar-refractivity contribution in [3.63, 3.8) is 0 Å². The number of carbonyl (C=O) groups is 3. The first-order valence-electron chi connectivity index (χ1n) is 9.13. The molecule has 1 saturated heterocycles. The van der Waals surface area contributed by atoms with Gasteiger partial charge in [0.2, 0.25) is 26.0 Å². The summed E-state index contributed by atoms with van der Waals surface area (Å²) in [4.78, 5) is 29.3. The van der Waals surface area contributed by atoms with Crippen molar-refractivity contribution < 1.29 is 41.4 Å². The molecule has 0 spiro atoms. The summed E-state index contributed by atoms with van der Waals surface area (Å²) in [6, 6.07) is 5.91. The Morgan fingerprint density at radius 2 is 1.35 bits per heavy atom. The molecule has 0 saturated carbocycles. The third-order valence-corrected chi connectivity index (χ3v) is 8.04. The van der Waals surface area contributed by atoms with Crippen molar-refractivity contribution in [2.75, 3.05) is 37.2 Å². The molecule has 1 aromatic rings. The Hall–Kier alpha value is -2.55. The summed E-state index contributed by atoms with van der Waals surface area (Å²) in [7, 11) is -7.00. The van der Waals surface area contributed by atoms with Crippen LogP contribution in [0.5, 0.6) is 0 Å². The van der Waals surface area contributed by atoms with Crippen LogP contribution in [-0.2, 0) is 34.4 Å². The van der Waals surface area contributed by atoms with Crippen molar-refractivity contribution in [2.45, 2.75) is 25.2 Å². The summed E-state index contributed by atoms with van der Waals surface area (Å²) in [6.07, 6.45) is 0.529. The number of rotatable bonds is 6. The normalized spacial score (nSPS) is 15.4. The van der Waals surface area contributed by atoms with E-state index in [4.69, 9.17) is 19.8 Å². The molecule has 0 radical (unpaired) electrons. The number of aliphatic carboxylic acids is 2. The molecule has 12 nitrogen and oxygen atoms in total. The monoisotopic (exact) mass is 479 g/mol. The second-order valence-corrected chi connectivity index (χ2v) is 10.5. The average molecular weight is 480 g/mol. The lowest BCUT2D eigenvalue weighted by atomic mass is 10.3. The van der Waals surface area contributed by atoms with Gasteiger partial charge < -0.3 is 15.5 Å². The molecule has 1 amide bonds. The fourth-order valence-electron chi connectivity index (χ4n) is 2.64. The Bertz CT molecular complexity index is 986. The number of carboxylic acids is 2. The van der Waals surface area contributed by atoms with Gasteiger partial charge in [-0.15, -0.1) is 0 Å². The lowest BCUT2D eigenvalue weighted by molar-refractivity contribution is -0.159. The molecular formula is C17H25N3O9S2. The van der Waals surface area contributed by atoms with Gasteiger partial charge in [0, 0.05) is 38.8 Å². The fraction of sp³-hybridized carbons (Fsp3) is 0.471. The number of nitrogens with one attached hydrogen (secondary N) is 1. The molecule has 0 unspecified atom stereocenters. The first kappa shape index (κ1) is 26.5. The molecule has 1 fully saturated rings. The minimum atomic E-state index is -3.69. The summed E-state index contributed by atoms with van der Waals surface area (Å²) >= 11 is 0. The standard InChI is InChI=1S/C15H23N3O5S2.C2H2O4/c1-3-12-24(20,21)17-8-10-18(11-9-17)25(22,23)15-6-4-14(5-7-15)16-13(2)19;3-1(4)2(5)6/h4-7H,3,8-12H2,1-2H3,(H,16,19);(H,3,4)(H,5,6). The van der Waals surface area contributed by atoms with E-state index in [1.54, 1.807) is 6.92 Å². The maximum atomic E-state index is 12.7. The van der Waals surface area contributed by atoms with E-state index in [-0.39, 0.29) is 42.7 Å². The van der Waals surface area contributed by atoms with E-state index < -0.39 is 32.0 Å². The van der Waals surface area contributed by atoms with Crippen LogP contribution < -0.4 is 5.32 Å². The zero-order valence-corrected chi connectivity index (χ0v) is 18.6. The summed E-state index contributed by atoms with van der Waals surface area (Å²) in [5, 5.41) is 17.4. The maximum absolute atomic E-state index is 12.7. The Morgan fingerprint density at radius 1 is 0.903 bits per heavy atom. The molecule has 3 N–H and O–H groups in total. The number of piperazine rings is 1. The highest BCUT2D eigenvalue weighted by Crippen LogP contribution is 2.21. The van der Waals surface area contributed by atoms with E-state index in [1.807, 2.05) is 0 Å². The van der Waals surface area contributed by atoms with Gasteiger partial charge in [0.05, 0.1) is 10.6 Å². The quantitative estimate of drug-likeness (QED) is 0.468. The molecule has 1 heterocycles. The Morgan fingerprint density at radius 3 is 1.74 bits per heavy atom. The molecule has 1 aliphatic rings. The molecule has 1 aliphatic heterocycles. The number of amides is 1. The third kappa shape index (κ3) is 7.90. The van der Waals surface area contributed by atoms with Gasteiger partial charge in [-0.2, -0.15) is 8.61 Å². The summed E-state index contributed by atoms with van der Waals surface area (Å²) in [5.74, 6) is -3.81. The highest BCUT2D eigenvalue weighted by molar-refractivity contribution is 7.89. The van der Waals surface area contributed by atoms with Crippen LogP contribution in [0.1, 0.15) is 20.3 Å². The van der Waals surface area contributed by atoms with Crippen LogP contribution in [0.15, 0.2) is 29.2 Å². The summed E-state index contributed by atoms with van der Waals surface area (Å²) in [5.41, 5.74) is 0.516. The number of nitrogens with zero attached hydrogens (tertiary/aromatic N) is 2. The molecule has 14 heteroatoms. The van der Waals surface area contributed by atoms with Gasteiger partial charge in [0.25, 0.3) is 0 Å². The number of benzene rings is 1. The predicted octanol–water partition coefficient (Wildman–Crippen LogP) is -0.153. The maximum Gasteiger partial charge on any atom is 0.414 e. The number of anilines is 1. The minimum absolute atomic E-state index is 0.0738. The Labute approximate surface area is 180 Å². The third-order valence-electron chi connectivity index (χ3n) is 4.05. The highest BCUT2D eigenvalue weighted by Gasteiger charge is 2.32. The van der Waals surface area contributed by atoms with E-state index in [1.165, 1.54) is 39.8 Å². The highest BCUT2D eigenvalue weighted by atomic mass is 32.2. The van der Waals surface area contributed by atoms with Crippen molar-refractivity contribution in [1.82, 2.24) is 8.61 Å². The Balaban J connectivity index is 0.000000703. The second kappa shape index (κ2) is 11.2. The van der Waals surface area contributed by atoms with Crippen LogP contribution in [0.2, 0.25) is 0 Å². The van der Waals surface area contributed by atoms with Crippen LogP contribution in [0.4, 0.5) is 5.69 Å². The van der Waals surface area contributed by atoms with Crippen molar-refractivity contribution >= 4 is 43.6 Å². The van der Waals surface area contributed by atoms with Crippen LogP contribution in [0, 0.1) is 0 Å². The van der Waals surface area contributed by atoms with Crippen molar-refractivity contribution in [3.05, 3.63) is 24.3 Å². The number of carbonyl (C=O) groups excluding carboxylic acids is 1. The molecule has 2 rings (SSSR count). The van der Waals surface area contributed by atoms with E-state index in [9.17, 15) is 21.6 Å². The lowest BCUT2D eigenvalue weighted by Crippen LogP contribution is -2.50. The fourth-order valence-corrected chi connectivity index (χ4v) is 5.55. The number of carboxylic acid groups (broad SMARTS) is 2. The van der Waals surface area contributed by atoms with Crippen LogP contribution >= 0.6 is 0 Å². The predicted molar refractivity (Wildman–Crippen MR) is 110 cm³/mol. The van der Waals surface area contributed by atoms with Gasteiger partial charge in [0.15, 0.2) is 0 Å². The molecule has 174 valence electrons. The van der Waals surface area contributed by atoms with E-state index >= 15 is 0 Å². The molecule has 0 aliphatic carbocycles. The van der Waals surface area contributed by atoms with Crippen molar-refractivity contribution in [3.8, 4) is 0 Å². The van der Waals surface area contributed by atoms with Gasteiger partial charge in [-0.25, -0.2) is 26.4 Å². The average Bonchev–Trinajstić information content (AvgIpc) is 2.68. The number of sulfonamides is 2. The summed E-state index contributed by atoms with van der Waals surface area (Å²) in [6.45, 7) is 3.73. The summed E-state index contributed by atoms with van der Waals surface area (Å²) < 4.78 is 52.1. The molecular weight excluding hydrogens is 454 g/mol. The number of hydrogen-bond donors (Lipinski definition) is 3. The second-order valence-electron chi connectivity index (χ2n) is 6.44. The van der Waals surface area contributed by atoms with E-state index in [2.05, 4.69) is 5.32 Å². The van der Waals surface area contributed by atoms with Crippen molar-refractivity contribution in [2.24, 2.45) is 0 Å². The van der Waals surface area contributed by atoms with Gasteiger partial charge in [-0.1, -0.05) is 6.92 Å². The molecule has 31 heavy (non-hydrogen) atoms. The largest absolute Gasteiger partial charge is 0.473 e. The smallest absolute Gasteiger partial charge is 0.414 e. The molecule has 0 aromatic heterocycles. The minimum Gasteiger partial charge on any atom is -0.473 e. The lowest BCUT2D eigenvalue weighted by Gasteiger charge is -2.33. The zero-order chi connectivity index (χ0) is 23.8. The van der Waals surface area contributed by atoms with Gasteiger partial charge in [-0.3, -0.25) is 4.79 Å².